The van der Waals surface area contributed by atoms with Gasteiger partial charge in [0.15, 0.2) is 11.6 Å². The van der Waals surface area contributed by atoms with Gasteiger partial charge in [0.2, 0.25) is 5.88 Å². The quantitative estimate of drug-likeness (QED) is 0.279. The van der Waals surface area contributed by atoms with E-state index in [9.17, 15) is 0 Å². The number of fused-ring (bicyclic) bond motifs is 1. The molecule has 2 aromatic carbocycles. The lowest BCUT2D eigenvalue weighted by Crippen LogP contribution is -2.12. The van der Waals surface area contributed by atoms with E-state index < -0.39 is 0 Å². The van der Waals surface area contributed by atoms with E-state index in [0.717, 1.165) is 53.2 Å². The van der Waals surface area contributed by atoms with Crippen LogP contribution in [0.15, 0.2) is 79.1 Å². The molecule has 5 aromatic rings. The van der Waals surface area contributed by atoms with Gasteiger partial charge in [0, 0.05) is 40.3 Å². The standard InChI is InChI=1S/C28H25N7O/c29-26-24(17-31-34-26)23-11-6-16-30-28(23)36-20-14-12-19(13-15-20)32-27-22-10-5-4-9-21(22)25(33-35-27)18-7-2-1-3-8-18/h1-3,6-8,11-17H,4-5,9-10H2,(H,32,35)(H3,29,31,34). The van der Waals surface area contributed by atoms with Gasteiger partial charge in [-0.1, -0.05) is 30.3 Å². The molecule has 0 radical (unpaired) electrons. The Morgan fingerprint density at radius 2 is 1.64 bits per heavy atom. The largest absolute Gasteiger partial charge is 0.438 e. The molecule has 0 bridgehead atoms. The van der Waals surface area contributed by atoms with E-state index in [1.165, 1.54) is 17.5 Å². The average Bonchev–Trinajstić information content (AvgIpc) is 3.36. The molecule has 0 spiro atoms. The second-order valence-electron chi connectivity index (χ2n) is 8.72. The van der Waals surface area contributed by atoms with Crippen molar-refractivity contribution in [3.8, 4) is 34.0 Å². The Hall–Kier alpha value is -4.72. The molecule has 36 heavy (non-hydrogen) atoms. The number of anilines is 3. The van der Waals surface area contributed by atoms with E-state index in [1.54, 1.807) is 12.4 Å². The first-order valence-electron chi connectivity index (χ1n) is 12.0. The number of nitrogens with two attached hydrogens (primary N) is 1. The predicted molar refractivity (Wildman–Crippen MR) is 140 cm³/mol. The third kappa shape index (κ3) is 4.24. The van der Waals surface area contributed by atoms with Crippen LogP contribution in [0.5, 0.6) is 11.6 Å². The molecular weight excluding hydrogens is 450 g/mol. The SMILES string of the molecule is Nc1n[nH]cc1-c1cccnc1Oc1ccc(Nc2nnc(-c3ccccc3)c3c2CCCC3)cc1. The minimum absolute atomic E-state index is 0.398. The molecule has 8 nitrogen and oxygen atoms in total. The zero-order chi connectivity index (χ0) is 24.3. The van der Waals surface area contributed by atoms with Gasteiger partial charge in [-0.15, -0.1) is 10.2 Å². The number of nitrogens with zero attached hydrogens (tertiary/aromatic N) is 4. The van der Waals surface area contributed by atoms with E-state index in [0.29, 0.717) is 17.4 Å². The summed E-state index contributed by atoms with van der Waals surface area (Å²) < 4.78 is 6.08. The lowest BCUT2D eigenvalue weighted by Gasteiger charge is -2.21. The Morgan fingerprint density at radius 3 is 2.42 bits per heavy atom. The normalized spacial score (nSPS) is 12.7. The maximum atomic E-state index is 6.08. The van der Waals surface area contributed by atoms with Crippen molar-refractivity contribution in [1.82, 2.24) is 25.4 Å². The van der Waals surface area contributed by atoms with Crippen molar-refractivity contribution in [2.75, 3.05) is 11.1 Å². The van der Waals surface area contributed by atoms with Gasteiger partial charge in [-0.25, -0.2) is 4.98 Å². The van der Waals surface area contributed by atoms with Gasteiger partial charge in [0.05, 0.1) is 5.69 Å². The molecule has 0 amide bonds. The summed E-state index contributed by atoms with van der Waals surface area (Å²) in [6, 6.07) is 21.8. The van der Waals surface area contributed by atoms with E-state index >= 15 is 0 Å². The Balaban J connectivity index is 1.24. The van der Waals surface area contributed by atoms with Gasteiger partial charge in [-0.3, -0.25) is 5.10 Å². The molecule has 0 saturated carbocycles. The van der Waals surface area contributed by atoms with Crippen LogP contribution in [-0.4, -0.2) is 25.4 Å². The summed E-state index contributed by atoms with van der Waals surface area (Å²) in [6.07, 6.45) is 7.76. The number of benzene rings is 2. The molecular formula is C28H25N7O. The fourth-order valence-electron chi connectivity index (χ4n) is 4.63. The molecule has 4 N–H and O–H groups in total. The van der Waals surface area contributed by atoms with Crippen LogP contribution in [0.2, 0.25) is 0 Å². The summed E-state index contributed by atoms with van der Waals surface area (Å²) in [5.74, 6) is 2.34. The van der Waals surface area contributed by atoms with Crippen LogP contribution < -0.4 is 15.8 Å². The van der Waals surface area contributed by atoms with Gasteiger partial charge < -0.3 is 15.8 Å². The van der Waals surface area contributed by atoms with Crippen molar-refractivity contribution in [3.05, 3.63) is 90.3 Å². The van der Waals surface area contributed by atoms with Crippen molar-refractivity contribution >= 4 is 17.3 Å². The van der Waals surface area contributed by atoms with Gasteiger partial charge in [-0.05, 0) is 67.6 Å². The molecule has 8 heteroatoms. The Morgan fingerprint density at radius 1 is 0.833 bits per heavy atom. The second-order valence-corrected chi connectivity index (χ2v) is 8.72. The number of hydrogen-bond donors (Lipinski definition) is 3. The smallest absolute Gasteiger partial charge is 0.227 e. The summed E-state index contributed by atoms with van der Waals surface area (Å²) in [5.41, 5.74) is 13.1. The molecule has 0 fully saturated rings. The minimum Gasteiger partial charge on any atom is -0.438 e. The van der Waals surface area contributed by atoms with Crippen molar-refractivity contribution in [2.24, 2.45) is 0 Å². The number of aromatic amines is 1. The number of hydrogen-bond acceptors (Lipinski definition) is 7. The van der Waals surface area contributed by atoms with Gasteiger partial charge in [-0.2, -0.15) is 5.10 Å². The number of ether oxygens (including phenoxy) is 1. The summed E-state index contributed by atoms with van der Waals surface area (Å²) in [6.45, 7) is 0. The first-order chi connectivity index (χ1) is 17.8. The van der Waals surface area contributed by atoms with Crippen LogP contribution in [-0.2, 0) is 12.8 Å². The third-order valence-electron chi connectivity index (χ3n) is 6.40. The van der Waals surface area contributed by atoms with Crippen LogP contribution in [0.3, 0.4) is 0 Å². The maximum Gasteiger partial charge on any atom is 0.227 e. The molecule has 0 saturated heterocycles. The lowest BCUT2D eigenvalue weighted by molar-refractivity contribution is 0.465. The molecule has 3 aromatic heterocycles. The lowest BCUT2D eigenvalue weighted by atomic mass is 9.89. The average molecular weight is 476 g/mol. The summed E-state index contributed by atoms with van der Waals surface area (Å²) in [5, 5.41) is 19.4. The van der Waals surface area contributed by atoms with E-state index in [-0.39, 0.29) is 0 Å². The highest BCUT2D eigenvalue weighted by Gasteiger charge is 2.21. The van der Waals surface area contributed by atoms with Crippen molar-refractivity contribution in [3.63, 3.8) is 0 Å². The van der Waals surface area contributed by atoms with Crippen LogP contribution >= 0.6 is 0 Å². The van der Waals surface area contributed by atoms with Gasteiger partial charge >= 0.3 is 0 Å². The van der Waals surface area contributed by atoms with Crippen molar-refractivity contribution < 1.29 is 4.74 Å². The maximum absolute atomic E-state index is 6.08. The third-order valence-corrected chi connectivity index (χ3v) is 6.40. The van der Waals surface area contributed by atoms with Crippen LogP contribution in [0, 0.1) is 0 Å². The number of aromatic nitrogens is 5. The fraction of sp³-hybridized carbons (Fsp3) is 0.143. The van der Waals surface area contributed by atoms with Crippen LogP contribution in [0.1, 0.15) is 24.0 Å². The highest BCUT2D eigenvalue weighted by Crippen LogP contribution is 2.36. The monoisotopic (exact) mass is 475 g/mol. The second kappa shape index (κ2) is 9.50. The predicted octanol–water partition coefficient (Wildman–Crippen LogP) is 5.93. The minimum atomic E-state index is 0.398. The molecule has 6 rings (SSSR count). The first-order valence-corrected chi connectivity index (χ1v) is 12.0. The van der Waals surface area contributed by atoms with Crippen molar-refractivity contribution in [2.45, 2.75) is 25.7 Å². The van der Waals surface area contributed by atoms with E-state index in [2.05, 4.69) is 42.8 Å². The molecule has 3 heterocycles. The topological polar surface area (TPSA) is 115 Å². The Kier molecular flexibility index (Phi) is 5.75. The van der Waals surface area contributed by atoms with Gasteiger partial charge in [0.1, 0.15) is 5.75 Å². The van der Waals surface area contributed by atoms with Crippen molar-refractivity contribution in [1.29, 1.82) is 0 Å². The Bertz CT molecular complexity index is 1500. The molecule has 1 aliphatic rings. The zero-order valence-corrected chi connectivity index (χ0v) is 19.6. The van der Waals surface area contributed by atoms with Crippen LogP contribution in [0.4, 0.5) is 17.3 Å². The molecule has 178 valence electrons. The number of H-pyrrole nitrogens is 1. The number of nitrogen functional groups attached to an aromatic ring is 1. The van der Waals surface area contributed by atoms with E-state index in [4.69, 9.17) is 10.5 Å². The molecule has 0 atom stereocenters. The van der Waals surface area contributed by atoms with E-state index in [1.807, 2.05) is 54.6 Å². The first kappa shape index (κ1) is 21.8. The van der Waals surface area contributed by atoms with Crippen LogP contribution in [0.25, 0.3) is 22.4 Å². The highest BCUT2D eigenvalue weighted by molar-refractivity contribution is 5.77. The summed E-state index contributed by atoms with van der Waals surface area (Å²) >= 11 is 0. The number of rotatable bonds is 6. The fourth-order valence-corrected chi connectivity index (χ4v) is 4.63. The van der Waals surface area contributed by atoms with Gasteiger partial charge in [0.25, 0.3) is 0 Å². The highest BCUT2D eigenvalue weighted by atomic mass is 16.5. The number of nitrogens with one attached hydrogen (secondary N) is 2. The number of pyridine rings is 1. The summed E-state index contributed by atoms with van der Waals surface area (Å²) in [7, 11) is 0. The molecule has 0 aliphatic heterocycles. The Labute approximate surface area is 208 Å². The summed E-state index contributed by atoms with van der Waals surface area (Å²) in [4.78, 5) is 4.39. The molecule has 1 aliphatic carbocycles. The zero-order valence-electron chi connectivity index (χ0n) is 19.6. The molecule has 0 unspecified atom stereocenters.